The van der Waals surface area contributed by atoms with Crippen LogP contribution in [-0.2, 0) is 12.8 Å². The first kappa shape index (κ1) is 11.9. The molecule has 1 N–H and O–H groups in total. The molecule has 1 saturated carbocycles. The predicted octanol–water partition coefficient (Wildman–Crippen LogP) is 3.09. The molecule has 1 aromatic rings. The van der Waals surface area contributed by atoms with Gasteiger partial charge in [-0.3, -0.25) is 4.79 Å². The molecule has 3 rings (SSSR count). The summed E-state index contributed by atoms with van der Waals surface area (Å²) in [6, 6.07) is 0. The van der Waals surface area contributed by atoms with Crippen molar-refractivity contribution < 1.29 is 0 Å². The van der Waals surface area contributed by atoms with Crippen LogP contribution in [0, 0.1) is 0 Å². The summed E-state index contributed by atoms with van der Waals surface area (Å²) in [5.74, 6) is 1.47. The van der Waals surface area contributed by atoms with E-state index in [9.17, 15) is 4.79 Å². The zero-order chi connectivity index (χ0) is 12.4. The van der Waals surface area contributed by atoms with E-state index >= 15 is 0 Å². The van der Waals surface area contributed by atoms with Crippen molar-refractivity contribution in [2.75, 3.05) is 0 Å². The first-order valence-electron chi connectivity index (χ1n) is 7.46. The molecule has 3 heteroatoms. The van der Waals surface area contributed by atoms with Crippen LogP contribution in [0.25, 0.3) is 0 Å². The number of hydrogen-bond acceptors (Lipinski definition) is 2. The van der Waals surface area contributed by atoms with Gasteiger partial charge in [0.1, 0.15) is 5.82 Å². The summed E-state index contributed by atoms with van der Waals surface area (Å²) in [6.45, 7) is 0. The maximum absolute atomic E-state index is 12.2. The van der Waals surface area contributed by atoms with Crippen LogP contribution in [0.1, 0.15) is 74.4 Å². The van der Waals surface area contributed by atoms with E-state index in [1.54, 1.807) is 0 Å². The molecule has 2 aliphatic rings. The standard InChI is InChI=1S/C15H22N2O/c18-15-12-9-5-2-6-10-13(12)16-14(17-15)11-7-3-1-4-8-11/h11H,1-10H2,(H,16,17,18). The smallest absolute Gasteiger partial charge is 0.254 e. The summed E-state index contributed by atoms with van der Waals surface area (Å²) in [5, 5.41) is 0. The number of hydrogen-bond donors (Lipinski definition) is 1. The van der Waals surface area contributed by atoms with Crippen molar-refractivity contribution in [2.45, 2.75) is 70.1 Å². The molecule has 0 radical (unpaired) electrons. The topological polar surface area (TPSA) is 45.8 Å². The van der Waals surface area contributed by atoms with Gasteiger partial charge in [0.15, 0.2) is 0 Å². The van der Waals surface area contributed by atoms with Crippen LogP contribution in [0.2, 0.25) is 0 Å². The average molecular weight is 246 g/mol. The molecule has 1 aromatic heterocycles. The van der Waals surface area contributed by atoms with Crippen LogP contribution >= 0.6 is 0 Å². The molecular weight excluding hydrogens is 224 g/mol. The summed E-state index contributed by atoms with van der Waals surface area (Å²) in [4.78, 5) is 20.1. The van der Waals surface area contributed by atoms with Gasteiger partial charge < -0.3 is 4.98 Å². The van der Waals surface area contributed by atoms with Gasteiger partial charge in [0.05, 0.1) is 5.69 Å². The van der Waals surface area contributed by atoms with Gasteiger partial charge >= 0.3 is 0 Å². The quantitative estimate of drug-likeness (QED) is 0.774. The van der Waals surface area contributed by atoms with Crippen LogP contribution in [-0.4, -0.2) is 9.97 Å². The summed E-state index contributed by atoms with van der Waals surface area (Å²) < 4.78 is 0. The number of fused-ring (bicyclic) bond motifs is 1. The monoisotopic (exact) mass is 246 g/mol. The van der Waals surface area contributed by atoms with Gasteiger partial charge in [0, 0.05) is 11.5 Å². The van der Waals surface area contributed by atoms with E-state index in [1.165, 1.54) is 44.9 Å². The van der Waals surface area contributed by atoms with E-state index in [0.717, 1.165) is 36.3 Å². The third-order valence-corrected chi connectivity index (χ3v) is 4.45. The average Bonchev–Trinajstić information content (AvgIpc) is 2.65. The highest BCUT2D eigenvalue weighted by Crippen LogP contribution is 2.30. The van der Waals surface area contributed by atoms with E-state index < -0.39 is 0 Å². The van der Waals surface area contributed by atoms with Gasteiger partial charge in [-0.2, -0.15) is 0 Å². The lowest BCUT2D eigenvalue weighted by Crippen LogP contribution is -2.22. The zero-order valence-corrected chi connectivity index (χ0v) is 11.0. The predicted molar refractivity (Wildman–Crippen MR) is 71.9 cm³/mol. The number of nitrogens with zero attached hydrogens (tertiary/aromatic N) is 1. The minimum absolute atomic E-state index is 0.141. The summed E-state index contributed by atoms with van der Waals surface area (Å²) in [7, 11) is 0. The maximum Gasteiger partial charge on any atom is 0.254 e. The number of rotatable bonds is 1. The Balaban J connectivity index is 1.94. The fraction of sp³-hybridized carbons (Fsp3) is 0.733. The highest BCUT2D eigenvalue weighted by Gasteiger charge is 2.21. The maximum atomic E-state index is 12.2. The Labute approximate surface area is 108 Å². The van der Waals surface area contributed by atoms with Crippen LogP contribution in [0.3, 0.4) is 0 Å². The Morgan fingerprint density at radius 3 is 2.50 bits per heavy atom. The van der Waals surface area contributed by atoms with Crippen LogP contribution < -0.4 is 5.56 Å². The van der Waals surface area contributed by atoms with Crippen molar-refractivity contribution in [1.82, 2.24) is 9.97 Å². The van der Waals surface area contributed by atoms with Crippen molar-refractivity contribution in [3.63, 3.8) is 0 Å². The number of aryl methyl sites for hydroxylation is 1. The van der Waals surface area contributed by atoms with Gasteiger partial charge in [0.2, 0.25) is 0 Å². The Hall–Kier alpha value is -1.12. The lowest BCUT2D eigenvalue weighted by molar-refractivity contribution is 0.426. The Bertz CT molecular complexity index is 472. The van der Waals surface area contributed by atoms with Gasteiger partial charge in [0.25, 0.3) is 5.56 Å². The molecule has 0 bridgehead atoms. The first-order chi connectivity index (χ1) is 8.84. The van der Waals surface area contributed by atoms with Crippen LogP contribution in [0.4, 0.5) is 0 Å². The molecule has 0 saturated heterocycles. The molecule has 0 spiro atoms. The molecule has 98 valence electrons. The fourth-order valence-electron chi connectivity index (χ4n) is 3.37. The van der Waals surface area contributed by atoms with Crippen molar-refractivity contribution >= 4 is 0 Å². The van der Waals surface area contributed by atoms with E-state index in [2.05, 4.69) is 4.98 Å². The largest absolute Gasteiger partial charge is 0.310 e. The normalized spacial score (nSPS) is 21.3. The highest BCUT2D eigenvalue weighted by atomic mass is 16.1. The van der Waals surface area contributed by atoms with Crippen molar-refractivity contribution in [2.24, 2.45) is 0 Å². The second-order valence-electron chi connectivity index (χ2n) is 5.77. The molecule has 1 heterocycles. The number of nitrogens with one attached hydrogen (secondary N) is 1. The lowest BCUT2D eigenvalue weighted by Gasteiger charge is -2.21. The van der Waals surface area contributed by atoms with E-state index in [-0.39, 0.29) is 5.56 Å². The number of H-pyrrole nitrogens is 1. The summed E-state index contributed by atoms with van der Waals surface area (Å²) in [5.41, 5.74) is 2.20. The van der Waals surface area contributed by atoms with Crippen LogP contribution in [0.15, 0.2) is 4.79 Å². The third-order valence-electron chi connectivity index (χ3n) is 4.45. The van der Waals surface area contributed by atoms with Gasteiger partial charge in [-0.05, 0) is 38.5 Å². The fourth-order valence-corrected chi connectivity index (χ4v) is 3.37. The van der Waals surface area contributed by atoms with E-state index in [0.29, 0.717) is 5.92 Å². The third kappa shape index (κ3) is 2.36. The second-order valence-corrected chi connectivity index (χ2v) is 5.77. The van der Waals surface area contributed by atoms with E-state index in [4.69, 9.17) is 4.98 Å². The molecule has 18 heavy (non-hydrogen) atoms. The first-order valence-corrected chi connectivity index (χ1v) is 7.46. The van der Waals surface area contributed by atoms with Gasteiger partial charge in [-0.1, -0.05) is 25.7 Å². The molecule has 0 aliphatic heterocycles. The Morgan fingerprint density at radius 1 is 0.944 bits per heavy atom. The molecule has 3 nitrogen and oxygen atoms in total. The Kier molecular flexibility index (Phi) is 3.48. The van der Waals surface area contributed by atoms with Crippen molar-refractivity contribution in [1.29, 1.82) is 0 Å². The molecule has 0 amide bonds. The van der Waals surface area contributed by atoms with Crippen LogP contribution in [0.5, 0.6) is 0 Å². The molecule has 0 unspecified atom stereocenters. The van der Waals surface area contributed by atoms with Gasteiger partial charge in [-0.25, -0.2) is 4.98 Å². The second kappa shape index (κ2) is 5.25. The highest BCUT2D eigenvalue weighted by molar-refractivity contribution is 5.20. The minimum Gasteiger partial charge on any atom is -0.310 e. The number of aromatic amines is 1. The van der Waals surface area contributed by atoms with Crippen molar-refractivity contribution in [3.8, 4) is 0 Å². The minimum atomic E-state index is 0.141. The molecular formula is C15H22N2O. The van der Waals surface area contributed by atoms with Gasteiger partial charge in [-0.15, -0.1) is 0 Å². The Morgan fingerprint density at radius 2 is 1.67 bits per heavy atom. The number of aromatic nitrogens is 2. The van der Waals surface area contributed by atoms with E-state index in [1.807, 2.05) is 0 Å². The molecule has 0 atom stereocenters. The lowest BCUT2D eigenvalue weighted by atomic mass is 9.88. The molecule has 0 aromatic carbocycles. The SMILES string of the molecule is O=c1[nH]c(C2CCCCC2)nc2c1CCCCC2. The molecule has 1 fully saturated rings. The summed E-state index contributed by atoms with van der Waals surface area (Å²) in [6.07, 6.45) is 11.8. The molecule has 2 aliphatic carbocycles. The van der Waals surface area contributed by atoms with Crippen molar-refractivity contribution in [3.05, 3.63) is 27.4 Å². The zero-order valence-electron chi connectivity index (χ0n) is 11.0. The summed E-state index contributed by atoms with van der Waals surface area (Å²) >= 11 is 0.